The summed E-state index contributed by atoms with van der Waals surface area (Å²) in [7, 11) is -5.16. The van der Waals surface area contributed by atoms with Gasteiger partial charge >= 0.3 is 67.4 Å². The summed E-state index contributed by atoms with van der Waals surface area (Å²) in [6.45, 7) is -5.71. The average molecular weight is 984 g/mol. The van der Waals surface area contributed by atoms with Gasteiger partial charge in [0.25, 0.3) is 0 Å². The van der Waals surface area contributed by atoms with Crippen molar-refractivity contribution in [3.63, 3.8) is 0 Å². The highest BCUT2D eigenvalue weighted by Gasteiger charge is 2.33. The van der Waals surface area contributed by atoms with Crippen molar-refractivity contribution in [3.8, 4) is 0 Å². The summed E-state index contributed by atoms with van der Waals surface area (Å²) in [4.78, 5) is 130. The molecule has 0 aliphatic carbocycles. The lowest BCUT2D eigenvalue weighted by Gasteiger charge is -2.34. The number of hydrogen-bond acceptors (Lipinski definition) is 18. The molecule has 31 heteroatoms. The third kappa shape index (κ3) is 25.3. The second-order valence-electron chi connectivity index (χ2n) is 14.1. The van der Waals surface area contributed by atoms with Crippen molar-refractivity contribution in [2.75, 3.05) is 64.3 Å². The number of nitrogens with one attached hydrogen (secondary N) is 3. The van der Waals surface area contributed by atoms with Crippen molar-refractivity contribution in [2.24, 2.45) is 5.73 Å². The SMILES string of the molecule is N[C@@H](CCC(=O)OC(=O)[C@H](COP(=O)(O)N[C@@H](CCC(=O)O)C(=O)O)NC(=S)Nc1ccc(CC(CN(CCN(CC(=O)O)CC(=O)O)CC(=O)O)N(CC(=O)O)CC(=O)O)cc1)C(=O)O. The number of carboxylic acids is 8. The maximum absolute atomic E-state index is 13.0. The normalized spacial score (nSPS) is 14.0. The van der Waals surface area contributed by atoms with Crippen LogP contribution in [0.1, 0.15) is 31.2 Å². The molecule has 1 rings (SSSR count). The van der Waals surface area contributed by atoms with Gasteiger partial charge in [0.05, 0.1) is 39.3 Å². The van der Waals surface area contributed by atoms with Crippen LogP contribution in [0, 0.1) is 0 Å². The fourth-order valence-corrected chi connectivity index (χ4v) is 6.94. The van der Waals surface area contributed by atoms with Crippen molar-refractivity contribution >= 4 is 90.5 Å². The Labute approximate surface area is 378 Å². The van der Waals surface area contributed by atoms with E-state index in [1.54, 1.807) is 5.09 Å². The van der Waals surface area contributed by atoms with Crippen LogP contribution in [0.4, 0.5) is 5.69 Å². The molecule has 0 aliphatic heterocycles. The second-order valence-corrected chi connectivity index (χ2v) is 16.0. The summed E-state index contributed by atoms with van der Waals surface area (Å²) in [5.74, 6) is -14.3. The van der Waals surface area contributed by atoms with E-state index < -0.39 is 162 Å². The van der Waals surface area contributed by atoms with Crippen LogP contribution in [0.5, 0.6) is 0 Å². The van der Waals surface area contributed by atoms with Crippen LogP contribution < -0.4 is 21.5 Å². The van der Waals surface area contributed by atoms with Gasteiger partial charge in [-0.25, -0.2) is 14.4 Å². The van der Waals surface area contributed by atoms with E-state index >= 15 is 0 Å². The van der Waals surface area contributed by atoms with Crippen LogP contribution in [0.25, 0.3) is 0 Å². The molecule has 368 valence electrons. The third-order valence-corrected chi connectivity index (χ3v) is 9.97. The van der Waals surface area contributed by atoms with E-state index in [1.165, 1.54) is 29.2 Å². The molecule has 0 heterocycles. The number of nitrogens with zero attached hydrogens (tertiary/aromatic N) is 3. The van der Waals surface area contributed by atoms with Gasteiger partial charge in [0.15, 0.2) is 11.2 Å². The number of nitrogens with two attached hydrogens (primary N) is 1. The van der Waals surface area contributed by atoms with Gasteiger partial charge in [-0.15, -0.1) is 0 Å². The number of esters is 2. The number of aliphatic carboxylic acids is 8. The van der Waals surface area contributed by atoms with E-state index in [4.69, 9.17) is 37.4 Å². The Hall–Kier alpha value is -6.24. The Kier molecular flexibility index (Phi) is 25.1. The van der Waals surface area contributed by atoms with Crippen LogP contribution in [0.3, 0.4) is 0 Å². The lowest BCUT2D eigenvalue weighted by Crippen LogP contribution is -2.51. The molecular weight excluding hydrogens is 933 g/mol. The number of benzene rings is 1. The van der Waals surface area contributed by atoms with Crippen LogP contribution in [-0.4, -0.2) is 208 Å². The quantitative estimate of drug-likeness (QED) is 0.0140. The number of carbonyl (C=O) groups excluding carboxylic acids is 2. The van der Waals surface area contributed by atoms with Crippen molar-refractivity contribution in [1.82, 2.24) is 25.1 Å². The Bertz CT molecular complexity index is 1940. The Balaban J connectivity index is 3.38. The molecule has 1 aromatic rings. The van der Waals surface area contributed by atoms with Crippen molar-refractivity contribution < 1.29 is 108 Å². The van der Waals surface area contributed by atoms with Crippen LogP contribution in [-0.2, 0) is 68.2 Å². The van der Waals surface area contributed by atoms with E-state index in [1.807, 2.05) is 0 Å². The first-order chi connectivity index (χ1) is 30.7. The summed E-state index contributed by atoms with van der Waals surface area (Å²) in [6.07, 6.45) is -2.66. The molecule has 0 fully saturated rings. The molecule has 0 radical (unpaired) electrons. The Morgan fingerprint density at radius 2 is 1.20 bits per heavy atom. The fourth-order valence-electron chi connectivity index (χ4n) is 5.62. The molecule has 0 saturated heterocycles. The molecule has 0 amide bonds. The number of ether oxygens (including phenoxy) is 1. The maximum atomic E-state index is 13.0. The molecule has 1 aromatic carbocycles. The van der Waals surface area contributed by atoms with Gasteiger partial charge in [-0.05, 0) is 49.2 Å². The summed E-state index contributed by atoms with van der Waals surface area (Å²) >= 11 is 5.25. The summed E-state index contributed by atoms with van der Waals surface area (Å²) < 4.78 is 22.3. The minimum absolute atomic E-state index is 0.126. The zero-order valence-electron chi connectivity index (χ0n) is 34.6. The van der Waals surface area contributed by atoms with Crippen molar-refractivity contribution in [3.05, 3.63) is 29.8 Å². The van der Waals surface area contributed by atoms with Gasteiger partial charge in [0, 0.05) is 44.2 Å². The van der Waals surface area contributed by atoms with E-state index in [9.17, 15) is 88.0 Å². The van der Waals surface area contributed by atoms with Crippen LogP contribution in [0.15, 0.2) is 24.3 Å². The minimum Gasteiger partial charge on any atom is -0.481 e. The minimum atomic E-state index is -5.16. The van der Waals surface area contributed by atoms with Gasteiger partial charge in [0.2, 0.25) is 0 Å². The number of anilines is 1. The van der Waals surface area contributed by atoms with Crippen LogP contribution >= 0.6 is 20.0 Å². The first kappa shape index (κ1) is 57.8. The number of carboxylic acid groups (broad SMARTS) is 8. The molecule has 29 nitrogen and oxygen atoms in total. The van der Waals surface area contributed by atoms with Gasteiger partial charge in [-0.2, -0.15) is 0 Å². The first-order valence-electron chi connectivity index (χ1n) is 19.0. The monoisotopic (exact) mass is 983 g/mol. The maximum Gasteiger partial charge on any atom is 0.403 e. The lowest BCUT2D eigenvalue weighted by atomic mass is 10.0. The zero-order valence-corrected chi connectivity index (χ0v) is 36.3. The molecule has 0 spiro atoms. The van der Waals surface area contributed by atoms with Crippen LogP contribution in [0.2, 0.25) is 0 Å². The zero-order chi connectivity index (χ0) is 50.3. The van der Waals surface area contributed by atoms with E-state index in [2.05, 4.69) is 10.6 Å². The average Bonchev–Trinajstić information content (AvgIpc) is 3.17. The summed E-state index contributed by atoms with van der Waals surface area (Å²) in [6, 6.07) is -0.705. The molecule has 14 N–H and O–H groups in total. The lowest BCUT2D eigenvalue weighted by molar-refractivity contribution is -0.162. The number of carbonyl (C=O) groups is 10. The van der Waals surface area contributed by atoms with E-state index in [0.29, 0.717) is 5.56 Å². The third-order valence-electron chi connectivity index (χ3n) is 8.62. The molecular formula is C35H50N7O22PS. The van der Waals surface area contributed by atoms with Gasteiger partial charge in [-0.3, -0.25) is 62.4 Å². The second kappa shape index (κ2) is 28.6. The predicted octanol–water partition coefficient (Wildman–Crippen LogP) is -3.13. The molecule has 0 aliphatic rings. The summed E-state index contributed by atoms with van der Waals surface area (Å²) in [5, 5.41) is 80.7. The molecule has 2 unspecified atom stereocenters. The van der Waals surface area contributed by atoms with Gasteiger partial charge in [-0.1, -0.05) is 12.1 Å². The highest BCUT2D eigenvalue weighted by Crippen LogP contribution is 2.38. The highest BCUT2D eigenvalue weighted by molar-refractivity contribution is 7.80. The molecule has 0 aromatic heterocycles. The first-order valence-corrected chi connectivity index (χ1v) is 21.0. The molecule has 0 saturated carbocycles. The topological polar surface area (TPSA) is 460 Å². The van der Waals surface area contributed by atoms with E-state index in [-0.39, 0.29) is 31.7 Å². The Morgan fingerprint density at radius 3 is 1.68 bits per heavy atom. The number of hydrogen-bond donors (Lipinski definition) is 13. The molecule has 0 bridgehead atoms. The molecule has 66 heavy (non-hydrogen) atoms. The number of rotatable bonds is 34. The molecule has 5 atom stereocenters. The standard InChI is InChI=1S/C35H50N7O22PS/c36-22(32(56)57)5-8-31(55)64-34(60)24(18-63-65(61,62)39-23(33(58)59)6-7-25(43)44)38-35(66)37-20-3-1-19(2-4-20)11-21(42(16-29(51)52)17-30(53)54)12-40(13-26(45)46)9-10-41(14-27(47)48)15-28(49)50/h1-4,21-24H,5-18,36H2,(H,43,44)(H,45,46)(H,47,48)(H,49,50)(H,51,52)(H,53,54)(H,56,57)(H,58,59)(H2,37,38,66)(H2,39,61,62)/t21?,22-,23-,24-/m0/s1. The fraction of sp³-hybridized carbons (Fsp3) is 0.514. The highest BCUT2D eigenvalue weighted by atomic mass is 32.1. The van der Waals surface area contributed by atoms with Crippen molar-refractivity contribution in [1.29, 1.82) is 0 Å². The van der Waals surface area contributed by atoms with E-state index in [0.717, 1.165) is 9.80 Å². The van der Waals surface area contributed by atoms with Gasteiger partial charge < -0.3 is 66.8 Å². The Morgan fingerprint density at radius 1 is 0.682 bits per heavy atom. The predicted molar refractivity (Wildman–Crippen MR) is 223 cm³/mol. The van der Waals surface area contributed by atoms with Gasteiger partial charge in [0.1, 0.15) is 12.1 Å². The smallest absolute Gasteiger partial charge is 0.403 e. The largest absolute Gasteiger partial charge is 0.481 e. The number of thiocarbonyl (C=S) groups is 1. The summed E-state index contributed by atoms with van der Waals surface area (Å²) in [5.41, 5.74) is 5.93. The van der Waals surface area contributed by atoms with Crippen molar-refractivity contribution in [2.45, 2.75) is 56.3 Å².